The lowest BCUT2D eigenvalue weighted by atomic mass is 10.1. The fourth-order valence-electron chi connectivity index (χ4n) is 1.28. The highest BCUT2D eigenvalue weighted by Gasteiger charge is 2.27. The van der Waals surface area contributed by atoms with Gasteiger partial charge in [-0.25, -0.2) is 0 Å². The molecule has 0 spiro atoms. The third-order valence-corrected chi connectivity index (χ3v) is 1.89. The number of methoxy groups -OCH3 is 1. The molecule has 0 aromatic heterocycles. The molecule has 0 aromatic carbocycles. The van der Waals surface area contributed by atoms with Gasteiger partial charge in [0, 0.05) is 12.6 Å². The van der Waals surface area contributed by atoms with Gasteiger partial charge < -0.3 is 10.1 Å². The van der Waals surface area contributed by atoms with Crippen LogP contribution in [0.25, 0.3) is 0 Å². The number of ether oxygens (including phenoxy) is 1. The molecule has 2 atom stereocenters. The summed E-state index contributed by atoms with van der Waals surface area (Å²) in [6, 6.07) is 0.462. The molecule has 2 unspecified atom stereocenters. The normalized spacial score (nSPS) is 29.3. The maximum atomic E-state index is 10.9. The summed E-state index contributed by atoms with van der Waals surface area (Å²) in [6.45, 7) is 2.84. The summed E-state index contributed by atoms with van der Waals surface area (Å²) in [5, 5.41) is 3.18. The van der Waals surface area contributed by atoms with E-state index in [0.29, 0.717) is 6.04 Å². The molecular formula is C7H14ClNO2. The van der Waals surface area contributed by atoms with Crippen molar-refractivity contribution in [2.24, 2.45) is 5.92 Å². The number of esters is 1. The van der Waals surface area contributed by atoms with E-state index in [2.05, 4.69) is 17.0 Å². The second-order valence-electron chi connectivity index (χ2n) is 2.77. The van der Waals surface area contributed by atoms with Gasteiger partial charge in [-0.05, 0) is 13.3 Å². The van der Waals surface area contributed by atoms with Crippen molar-refractivity contribution in [2.75, 3.05) is 13.7 Å². The van der Waals surface area contributed by atoms with Crippen LogP contribution < -0.4 is 5.32 Å². The van der Waals surface area contributed by atoms with E-state index in [0.717, 1.165) is 13.0 Å². The minimum Gasteiger partial charge on any atom is -0.469 e. The van der Waals surface area contributed by atoms with E-state index in [1.54, 1.807) is 0 Å². The number of carbonyl (C=O) groups excluding carboxylic acids is 1. The summed E-state index contributed by atoms with van der Waals surface area (Å²) in [5.74, 6) is -0.00292. The highest BCUT2D eigenvalue weighted by atomic mass is 35.5. The lowest BCUT2D eigenvalue weighted by Crippen LogP contribution is -2.19. The van der Waals surface area contributed by atoms with Crippen molar-refractivity contribution in [1.29, 1.82) is 0 Å². The van der Waals surface area contributed by atoms with Crippen molar-refractivity contribution in [3.8, 4) is 0 Å². The van der Waals surface area contributed by atoms with Crippen molar-refractivity contribution < 1.29 is 9.53 Å². The smallest absolute Gasteiger partial charge is 0.310 e. The molecule has 0 aromatic rings. The molecule has 0 amide bonds. The summed E-state index contributed by atoms with van der Waals surface area (Å²) in [5.41, 5.74) is 0. The van der Waals surface area contributed by atoms with Crippen LogP contribution in [-0.4, -0.2) is 25.7 Å². The Labute approximate surface area is 72.9 Å². The zero-order chi connectivity index (χ0) is 7.56. The number of halogens is 1. The second kappa shape index (κ2) is 4.57. The molecular weight excluding hydrogens is 166 g/mol. The number of nitrogens with one attached hydrogen (secondary N) is 1. The topological polar surface area (TPSA) is 38.3 Å². The number of hydrogen-bond acceptors (Lipinski definition) is 3. The quantitative estimate of drug-likeness (QED) is 0.599. The van der Waals surface area contributed by atoms with Crippen molar-refractivity contribution in [3.63, 3.8) is 0 Å². The maximum absolute atomic E-state index is 10.9. The Bertz CT molecular complexity index is 140. The first-order valence-corrected chi connectivity index (χ1v) is 3.55. The average molecular weight is 180 g/mol. The van der Waals surface area contributed by atoms with Gasteiger partial charge in [-0.15, -0.1) is 12.4 Å². The van der Waals surface area contributed by atoms with Crippen LogP contribution in [0.1, 0.15) is 13.3 Å². The molecule has 0 bridgehead atoms. The number of carbonyl (C=O) groups is 1. The first-order valence-electron chi connectivity index (χ1n) is 3.55. The van der Waals surface area contributed by atoms with Gasteiger partial charge in [-0.1, -0.05) is 0 Å². The van der Waals surface area contributed by atoms with Gasteiger partial charge in [0.15, 0.2) is 0 Å². The van der Waals surface area contributed by atoms with Crippen molar-refractivity contribution >= 4 is 18.4 Å². The molecule has 1 rings (SSSR count). The van der Waals surface area contributed by atoms with E-state index in [4.69, 9.17) is 0 Å². The second-order valence-corrected chi connectivity index (χ2v) is 2.77. The first kappa shape index (κ1) is 10.7. The zero-order valence-electron chi connectivity index (χ0n) is 6.79. The van der Waals surface area contributed by atoms with E-state index >= 15 is 0 Å². The molecule has 1 N–H and O–H groups in total. The third-order valence-electron chi connectivity index (χ3n) is 1.89. The first-order chi connectivity index (χ1) is 4.74. The van der Waals surface area contributed by atoms with E-state index in [9.17, 15) is 4.79 Å². The maximum Gasteiger partial charge on any atom is 0.310 e. The number of rotatable bonds is 1. The van der Waals surface area contributed by atoms with Crippen molar-refractivity contribution in [1.82, 2.24) is 5.32 Å². The summed E-state index contributed by atoms with van der Waals surface area (Å²) < 4.78 is 4.60. The van der Waals surface area contributed by atoms with Crippen LogP contribution in [0.3, 0.4) is 0 Å². The predicted molar refractivity (Wildman–Crippen MR) is 44.8 cm³/mol. The molecule has 1 fully saturated rings. The van der Waals surface area contributed by atoms with Crippen molar-refractivity contribution in [2.45, 2.75) is 19.4 Å². The van der Waals surface area contributed by atoms with Crippen LogP contribution in [-0.2, 0) is 9.53 Å². The Morgan fingerprint density at radius 3 is 2.64 bits per heavy atom. The molecule has 1 heterocycles. The van der Waals surface area contributed by atoms with Crippen LogP contribution in [0.5, 0.6) is 0 Å². The minimum absolute atomic E-state index is 0. The average Bonchev–Trinajstić information content (AvgIpc) is 2.34. The standard InChI is InChI=1S/C7H13NO2.ClH/c1-5-3-6(4-8-5)7(9)10-2;/h5-6,8H,3-4H2,1-2H3;1H. The van der Waals surface area contributed by atoms with E-state index in [1.807, 2.05) is 0 Å². The Kier molecular flexibility index (Phi) is 4.45. The SMILES string of the molecule is COC(=O)C1CNC(C)C1.Cl. The van der Waals surface area contributed by atoms with Gasteiger partial charge in [0.2, 0.25) is 0 Å². The van der Waals surface area contributed by atoms with Gasteiger partial charge in [0.25, 0.3) is 0 Å². The summed E-state index contributed by atoms with van der Waals surface area (Å²) in [6.07, 6.45) is 0.909. The molecule has 1 aliphatic heterocycles. The molecule has 1 aliphatic rings. The highest BCUT2D eigenvalue weighted by molar-refractivity contribution is 5.85. The minimum atomic E-state index is -0.0862. The Hall–Kier alpha value is -0.280. The monoisotopic (exact) mass is 179 g/mol. The van der Waals surface area contributed by atoms with Crippen LogP contribution in [0.4, 0.5) is 0 Å². The highest BCUT2D eigenvalue weighted by Crippen LogP contribution is 2.14. The Morgan fingerprint density at radius 1 is 1.64 bits per heavy atom. The van der Waals surface area contributed by atoms with Crippen molar-refractivity contribution in [3.05, 3.63) is 0 Å². The van der Waals surface area contributed by atoms with Gasteiger partial charge in [0.05, 0.1) is 13.0 Å². The van der Waals surface area contributed by atoms with Gasteiger partial charge in [0.1, 0.15) is 0 Å². The summed E-state index contributed by atoms with van der Waals surface area (Å²) >= 11 is 0. The van der Waals surface area contributed by atoms with Crippen LogP contribution in [0.2, 0.25) is 0 Å². The molecule has 4 heteroatoms. The molecule has 1 saturated heterocycles. The lowest BCUT2D eigenvalue weighted by Gasteiger charge is -2.03. The third kappa shape index (κ3) is 2.67. The number of hydrogen-bond donors (Lipinski definition) is 1. The summed E-state index contributed by atoms with van der Waals surface area (Å²) in [7, 11) is 1.44. The lowest BCUT2D eigenvalue weighted by molar-refractivity contribution is -0.144. The van der Waals surface area contributed by atoms with Crippen LogP contribution >= 0.6 is 12.4 Å². The Morgan fingerprint density at radius 2 is 2.27 bits per heavy atom. The largest absolute Gasteiger partial charge is 0.469 e. The molecule has 0 aliphatic carbocycles. The molecule has 3 nitrogen and oxygen atoms in total. The van der Waals surface area contributed by atoms with E-state index < -0.39 is 0 Å². The fourth-order valence-corrected chi connectivity index (χ4v) is 1.28. The fraction of sp³-hybridized carbons (Fsp3) is 0.857. The van der Waals surface area contributed by atoms with E-state index in [1.165, 1.54) is 7.11 Å². The molecule has 0 saturated carbocycles. The van der Waals surface area contributed by atoms with Crippen LogP contribution in [0, 0.1) is 5.92 Å². The molecule has 0 radical (unpaired) electrons. The van der Waals surface area contributed by atoms with Crippen LogP contribution in [0.15, 0.2) is 0 Å². The predicted octanol–water partition coefficient (Wildman–Crippen LogP) is 0.579. The van der Waals surface area contributed by atoms with Gasteiger partial charge >= 0.3 is 5.97 Å². The summed E-state index contributed by atoms with van der Waals surface area (Å²) in [4.78, 5) is 10.9. The molecule has 11 heavy (non-hydrogen) atoms. The molecule has 66 valence electrons. The Balaban J connectivity index is 0.000001000. The van der Waals surface area contributed by atoms with Gasteiger partial charge in [-0.2, -0.15) is 0 Å². The zero-order valence-corrected chi connectivity index (χ0v) is 7.61. The van der Waals surface area contributed by atoms with E-state index in [-0.39, 0.29) is 24.3 Å². The van der Waals surface area contributed by atoms with Gasteiger partial charge in [-0.3, -0.25) is 4.79 Å².